The van der Waals surface area contributed by atoms with E-state index in [9.17, 15) is 4.79 Å². The molecule has 0 saturated heterocycles. The second kappa shape index (κ2) is 14.0. The summed E-state index contributed by atoms with van der Waals surface area (Å²) in [6.45, 7) is 8.21. The first-order chi connectivity index (χ1) is 8.81. The lowest BCUT2D eigenvalue weighted by Crippen LogP contribution is -2.23. The van der Waals surface area contributed by atoms with Gasteiger partial charge in [0.15, 0.2) is 0 Å². The van der Waals surface area contributed by atoms with Gasteiger partial charge in [0.1, 0.15) is 0 Å². The molecule has 104 valence electrons. The maximum atomic E-state index is 11.4. The lowest BCUT2D eigenvalue weighted by atomic mass is 10.1. The van der Waals surface area contributed by atoms with E-state index >= 15 is 0 Å². The maximum absolute atomic E-state index is 11.4. The van der Waals surface area contributed by atoms with Crippen LogP contribution in [0.25, 0.3) is 0 Å². The second-order valence-electron chi connectivity index (χ2n) is 4.73. The van der Waals surface area contributed by atoms with E-state index in [2.05, 4.69) is 18.5 Å². The van der Waals surface area contributed by atoms with Gasteiger partial charge in [0.2, 0.25) is 5.91 Å². The van der Waals surface area contributed by atoms with E-state index in [1.165, 1.54) is 25.7 Å². The van der Waals surface area contributed by atoms with Crippen LogP contribution in [0.2, 0.25) is 0 Å². The number of carbonyl (C=O) groups excluding carboxylic acids is 1. The van der Waals surface area contributed by atoms with E-state index in [1.807, 2.05) is 12.2 Å². The minimum Gasteiger partial charge on any atom is -0.356 e. The molecule has 18 heavy (non-hydrogen) atoms. The third-order valence-electron chi connectivity index (χ3n) is 2.97. The van der Waals surface area contributed by atoms with E-state index in [4.69, 9.17) is 0 Å². The van der Waals surface area contributed by atoms with E-state index in [0.29, 0.717) is 6.42 Å². The van der Waals surface area contributed by atoms with E-state index in [1.54, 1.807) is 0 Å². The van der Waals surface area contributed by atoms with Crippen LogP contribution in [0, 0.1) is 0 Å². The monoisotopic (exact) mass is 251 g/mol. The number of amides is 1. The van der Waals surface area contributed by atoms with Crippen molar-refractivity contribution >= 4 is 5.91 Å². The molecular formula is C16H29NO. The van der Waals surface area contributed by atoms with Crippen LogP contribution < -0.4 is 5.32 Å². The van der Waals surface area contributed by atoms with Crippen LogP contribution in [0.4, 0.5) is 0 Å². The van der Waals surface area contributed by atoms with Gasteiger partial charge < -0.3 is 5.32 Å². The van der Waals surface area contributed by atoms with Crippen molar-refractivity contribution in [1.82, 2.24) is 5.32 Å². The molecule has 2 heteroatoms. The second-order valence-corrected chi connectivity index (χ2v) is 4.73. The molecule has 0 aromatic heterocycles. The Balaban J connectivity index is 3.14. The Hall–Kier alpha value is -1.05. The Labute approximate surface area is 113 Å². The number of allylic oxidation sites excluding steroid dienone is 2. The van der Waals surface area contributed by atoms with E-state index in [0.717, 1.165) is 38.6 Å². The lowest BCUT2D eigenvalue weighted by Gasteiger charge is -2.04. The number of unbranched alkanes of at least 4 members (excludes halogenated alkanes) is 7. The highest BCUT2D eigenvalue weighted by atomic mass is 16.1. The normalized spacial score (nSPS) is 10.0. The van der Waals surface area contributed by atoms with Crippen molar-refractivity contribution in [3.8, 4) is 0 Å². The fourth-order valence-electron chi connectivity index (χ4n) is 1.83. The van der Waals surface area contributed by atoms with Gasteiger partial charge in [-0.25, -0.2) is 0 Å². The van der Waals surface area contributed by atoms with Crippen LogP contribution in [0.15, 0.2) is 25.3 Å². The Morgan fingerprint density at radius 1 is 0.833 bits per heavy atom. The standard InChI is InChI=1S/C16H29NO/c1-3-5-7-9-10-11-13-15-17-16(18)14-12-8-6-4-2/h3-4H,1-2,5-15H2,(H,17,18). The molecule has 0 aliphatic heterocycles. The highest BCUT2D eigenvalue weighted by molar-refractivity contribution is 5.75. The van der Waals surface area contributed by atoms with Crippen LogP contribution in [0.3, 0.4) is 0 Å². The predicted molar refractivity (Wildman–Crippen MR) is 79.6 cm³/mol. The van der Waals surface area contributed by atoms with Crippen LogP contribution in [0.1, 0.15) is 64.2 Å². The molecule has 0 bridgehead atoms. The first-order valence-electron chi connectivity index (χ1n) is 7.29. The molecule has 1 amide bonds. The van der Waals surface area contributed by atoms with Crippen LogP contribution in [-0.4, -0.2) is 12.5 Å². The minimum atomic E-state index is 0.200. The summed E-state index contributed by atoms with van der Waals surface area (Å²) in [5.41, 5.74) is 0. The number of nitrogens with one attached hydrogen (secondary N) is 1. The highest BCUT2D eigenvalue weighted by Gasteiger charge is 1.99. The summed E-state index contributed by atoms with van der Waals surface area (Å²) in [6.07, 6.45) is 14.8. The molecule has 0 heterocycles. The molecular weight excluding hydrogens is 222 g/mol. The van der Waals surface area contributed by atoms with Crippen molar-refractivity contribution in [3.05, 3.63) is 25.3 Å². The van der Waals surface area contributed by atoms with Crippen molar-refractivity contribution in [2.24, 2.45) is 0 Å². The maximum Gasteiger partial charge on any atom is 0.219 e. The summed E-state index contributed by atoms with van der Waals surface area (Å²) in [6, 6.07) is 0. The molecule has 2 nitrogen and oxygen atoms in total. The average molecular weight is 251 g/mol. The minimum absolute atomic E-state index is 0.200. The molecule has 0 atom stereocenters. The molecule has 0 aliphatic carbocycles. The summed E-state index contributed by atoms with van der Waals surface area (Å²) in [5.74, 6) is 0.200. The molecule has 0 fully saturated rings. The zero-order chi connectivity index (χ0) is 13.5. The zero-order valence-corrected chi connectivity index (χ0v) is 11.8. The van der Waals surface area contributed by atoms with Crippen LogP contribution >= 0.6 is 0 Å². The third-order valence-corrected chi connectivity index (χ3v) is 2.97. The van der Waals surface area contributed by atoms with Gasteiger partial charge in [0.25, 0.3) is 0 Å². The topological polar surface area (TPSA) is 29.1 Å². The molecule has 0 aromatic carbocycles. The molecule has 0 aliphatic rings. The van der Waals surface area contributed by atoms with E-state index in [-0.39, 0.29) is 5.91 Å². The first-order valence-corrected chi connectivity index (χ1v) is 7.29. The largest absolute Gasteiger partial charge is 0.356 e. The van der Waals surface area contributed by atoms with Gasteiger partial charge in [-0.2, -0.15) is 0 Å². The quantitative estimate of drug-likeness (QED) is 0.382. The van der Waals surface area contributed by atoms with Crippen LogP contribution in [0.5, 0.6) is 0 Å². The third kappa shape index (κ3) is 13.0. The Morgan fingerprint density at radius 2 is 1.39 bits per heavy atom. The van der Waals surface area contributed by atoms with Gasteiger partial charge in [0.05, 0.1) is 0 Å². The van der Waals surface area contributed by atoms with Gasteiger partial charge in [-0.1, -0.05) is 31.4 Å². The van der Waals surface area contributed by atoms with Crippen molar-refractivity contribution in [3.63, 3.8) is 0 Å². The van der Waals surface area contributed by atoms with Crippen molar-refractivity contribution in [2.75, 3.05) is 6.54 Å². The highest BCUT2D eigenvalue weighted by Crippen LogP contribution is 2.05. The number of hydrogen-bond donors (Lipinski definition) is 1. The summed E-state index contributed by atoms with van der Waals surface area (Å²) in [4.78, 5) is 11.4. The lowest BCUT2D eigenvalue weighted by molar-refractivity contribution is -0.121. The first kappa shape index (κ1) is 16.9. The fraction of sp³-hybridized carbons (Fsp3) is 0.688. The summed E-state index contributed by atoms with van der Waals surface area (Å²) in [5, 5.41) is 2.98. The molecule has 0 rings (SSSR count). The van der Waals surface area contributed by atoms with Crippen LogP contribution in [-0.2, 0) is 4.79 Å². The average Bonchev–Trinajstić information content (AvgIpc) is 2.38. The molecule has 0 spiro atoms. The number of rotatable bonds is 13. The molecule has 0 saturated carbocycles. The van der Waals surface area contributed by atoms with Gasteiger partial charge in [0, 0.05) is 13.0 Å². The molecule has 1 N–H and O–H groups in total. The Bertz CT molecular complexity index is 223. The van der Waals surface area contributed by atoms with Gasteiger partial charge in [-0.15, -0.1) is 13.2 Å². The Morgan fingerprint density at radius 3 is 2.06 bits per heavy atom. The van der Waals surface area contributed by atoms with E-state index < -0.39 is 0 Å². The van der Waals surface area contributed by atoms with Crippen molar-refractivity contribution in [1.29, 1.82) is 0 Å². The predicted octanol–water partition coefficient (Wildman–Crippen LogP) is 4.38. The summed E-state index contributed by atoms with van der Waals surface area (Å²) >= 11 is 0. The van der Waals surface area contributed by atoms with Gasteiger partial charge >= 0.3 is 0 Å². The number of hydrogen-bond acceptors (Lipinski definition) is 1. The molecule has 0 unspecified atom stereocenters. The van der Waals surface area contributed by atoms with Crippen molar-refractivity contribution in [2.45, 2.75) is 64.2 Å². The number of carbonyl (C=O) groups is 1. The summed E-state index contributed by atoms with van der Waals surface area (Å²) < 4.78 is 0. The SMILES string of the molecule is C=CCCCCCCCNC(=O)CCCCC=C. The van der Waals surface area contributed by atoms with Crippen molar-refractivity contribution < 1.29 is 4.79 Å². The molecule has 0 aromatic rings. The summed E-state index contributed by atoms with van der Waals surface area (Å²) in [7, 11) is 0. The van der Waals surface area contributed by atoms with Gasteiger partial charge in [-0.05, 0) is 38.5 Å². The zero-order valence-electron chi connectivity index (χ0n) is 11.8. The Kier molecular flexibility index (Phi) is 13.2. The molecule has 0 radical (unpaired) electrons. The van der Waals surface area contributed by atoms with Gasteiger partial charge in [-0.3, -0.25) is 4.79 Å². The fourth-order valence-corrected chi connectivity index (χ4v) is 1.83. The smallest absolute Gasteiger partial charge is 0.219 e.